The van der Waals surface area contributed by atoms with Gasteiger partial charge in [-0.3, -0.25) is 9.69 Å². The van der Waals surface area contributed by atoms with Gasteiger partial charge in [0.05, 0.1) is 17.7 Å². The Kier molecular flexibility index (Phi) is 4.14. The minimum atomic E-state index is 0.208. The topological polar surface area (TPSA) is 36.4 Å². The van der Waals surface area contributed by atoms with Gasteiger partial charge in [0.25, 0.3) is 0 Å². The number of carbonyl (C=O) groups is 1. The molecule has 0 saturated heterocycles. The van der Waals surface area contributed by atoms with Crippen molar-refractivity contribution in [3.63, 3.8) is 0 Å². The van der Waals surface area contributed by atoms with Crippen LogP contribution >= 0.6 is 22.7 Å². The summed E-state index contributed by atoms with van der Waals surface area (Å²) >= 11 is 3.39. The molecule has 2 aromatic rings. The van der Waals surface area contributed by atoms with Gasteiger partial charge in [0.1, 0.15) is 0 Å². The van der Waals surface area contributed by atoms with Crippen LogP contribution in [0.2, 0.25) is 0 Å². The van der Waals surface area contributed by atoms with Crippen LogP contribution in [-0.2, 0) is 24.3 Å². The van der Waals surface area contributed by atoms with Crippen molar-refractivity contribution in [3.8, 4) is 0 Å². The number of fused-ring (bicyclic) bond motifs is 1. The van der Waals surface area contributed by atoms with E-state index in [0.717, 1.165) is 31.7 Å². The van der Waals surface area contributed by atoms with Gasteiger partial charge < -0.3 is 4.90 Å². The van der Waals surface area contributed by atoms with Crippen LogP contribution in [0.1, 0.15) is 16.1 Å². The van der Waals surface area contributed by atoms with E-state index in [9.17, 15) is 4.79 Å². The first-order valence-corrected chi connectivity index (χ1v) is 8.43. The first-order chi connectivity index (χ1) is 9.72. The number of amides is 1. The Balaban J connectivity index is 1.54. The lowest BCUT2D eigenvalue weighted by Crippen LogP contribution is -2.41. The maximum atomic E-state index is 12.3. The lowest BCUT2D eigenvalue weighted by atomic mass is 10.1. The van der Waals surface area contributed by atoms with Crippen LogP contribution in [0.3, 0.4) is 0 Å². The largest absolute Gasteiger partial charge is 0.337 e. The fraction of sp³-hybridized carbons (Fsp3) is 0.429. The van der Waals surface area contributed by atoms with Crippen LogP contribution in [0.15, 0.2) is 22.3 Å². The summed E-state index contributed by atoms with van der Waals surface area (Å²) in [6.45, 7) is 2.79. The van der Waals surface area contributed by atoms with E-state index in [4.69, 9.17) is 0 Å². The Labute approximate surface area is 126 Å². The van der Waals surface area contributed by atoms with Crippen LogP contribution in [-0.4, -0.2) is 40.8 Å². The minimum Gasteiger partial charge on any atom is -0.337 e. The molecule has 0 fully saturated rings. The second-order valence-electron chi connectivity index (χ2n) is 5.09. The third-order valence-electron chi connectivity index (χ3n) is 3.48. The minimum absolute atomic E-state index is 0.208. The van der Waals surface area contributed by atoms with Crippen LogP contribution in [0.25, 0.3) is 0 Å². The van der Waals surface area contributed by atoms with Gasteiger partial charge in [-0.25, -0.2) is 4.98 Å². The predicted molar refractivity (Wildman–Crippen MR) is 81.9 cm³/mol. The van der Waals surface area contributed by atoms with E-state index >= 15 is 0 Å². The summed E-state index contributed by atoms with van der Waals surface area (Å²) in [6, 6.07) is 2.14. The maximum Gasteiger partial charge on any atom is 0.237 e. The summed E-state index contributed by atoms with van der Waals surface area (Å²) in [5, 5.41) is 4.15. The van der Waals surface area contributed by atoms with Crippen molar-refractivity contribution in [2.75, 3.05) is 20.1 Å². The summed E-state index contributed by atoms with van der Waals surface area (Å²) in [5.41, 5.74) is 4.18. The summed E-state index contributed by atoms with van der Waals surface area (Å²) < 4.78 is 0. The maximum absolute atomic E-state index is 12.3. The quantitative estimate of drug-likeness (QED) is 0.869. The zero-order valence-corrected chi connectivity index (χ0v) is 13.0. The molecule has 2 aromatic heterocycles. The molecule has 0 aliphatic carbocycles. The Morgan fingerprint density at radius 3 is 3.25 bits per heavy atom. The zero-order valence-electron chi connectivity index (χ0n) is 11.4. The molecule has 0 radical (unpaired) electrons. The lowest BCUT2D eigenvalue weighted by Gasteiger charge is -2.28. The van der Waals surface area contributed by atoms with Gasteiger partial charge in [-0.2, -0.15) is 0 Å². The van der Waals surface area contributed by atoms with Crippen molar-refractivity contribution in [1.29, 1.82) is 0 Å². The number of hydrogen-bond acceptors (Lipinski definition) is 5. The number of thiazole rings is 1. The summed E-state index contributed by atoms with van der Waals surface area (Å²) in [4.78, 5) is 22.0. The number of hydrogen-bond donors (Lipinski definition) is 0. The second-order valence-corrected chi connectivity index (χ2v) is 6.81. The van der Waals surface area contributed by atoms with Crippen LogP contribution in [0.5, 0.6) is 0 Å². The van der Waals surface area contributed by atoms with Crippen molar-refractivity contribution < 1.29 is 4.79 Å². The average Bonchev–Trinajstić information content (AvgIpc) is 3.07. The number of nitrogens with zero attached hydrogens (tertiary/aromatic N) is 3. The van der Waals surface area contributed by atoms with Crippen molar-refractivity contribution in [1.82, 2.24) is 14.8 Å². The normalized spacial score (nSPS) is 14.6. The van der Waals surface area contributed by atoms with Crippen molar-refractivity contribution in [3.05, 3.63) is 38.5 Å². The average molecular weight is 307 g/mol. The monoisotopic (exact) mass is 307 g/mol. The zero-order chi connectivity index (χ0) is 13.9. The van der Waals surface area contributed by atoms with E-state index in [1.54, 1.807) is 22.7 Å². The van der Waals surface area contributed by atoms with Gasteiger partial charge in [-0.15, -0.1) is 22.7 Å². The molecule has 0 saturated carbocycles. The van der Waals surface area contributed by atoms with E-state index in [-0.39, 0.29) is 5.91 Å². The molecule has 1 aliphatic rings. The fourth-order valence-electron chi connectivity index (χ4n) is 2.44. The van der Waals surface area contributed by atoms with Gasteiger partial charge in [0, 0.05) is 29.9 Å². The SMILES string of the molecule is CN(CC(=O)N1CCc2sccc2C1)Cc1cscn1. The molecule has 0 bridgehead atoms. The fourth-order valence-corrected chi connectivity index (χ4v) is 3.88. The van der Waals surface area contributed by atoms with Crippen LogP contribution in [0, 0.1) is 0 Å². The van der Waals surface area contributed by atoms with Crippen molar-refractivity contribution >= 4 is 28.6 Å². The Morgan fingerprint density at radius 2 is 2.45 bits per heavy atom. The Morgan fingerprint density at radius 1 is 1.55 bits per heavy atom. The number of carbonyl (C=O) groups excluding carboxylic acids is 1. The Hall–Kier alpha value is -1.24. The molecule has 3 heterocycles. The van der Waals surface area contributed by atoms with Gasteiger partial charge in [-0.1, -0.05) is 0 Å². The van der Waals surface area contributed by atoms with Gasteiger partial charge in [0.2, 0.25) is 5.91 Å². The molecule has 0 unspecified atom stereocenters. The number of thiophene rings is 1. The highest BCUT2D eigenvalue weighted by Crippen LogP contribution is 2.24. The molecule has 20 heavy (non-hydrogen) atoms. The molecule has 3 rings (SSSR count). The highest BCUT2D eigenvalue weighted by atomic mass is 32.1. The van der Waals surface area contributed by atoms with Gasteiger partial charge in [-0.05, 0) is 30.5 Å². The molecule has 0 N–H and O–H groups in total. The molecular weight excluding hydrogens is 290 g/mol. The first-order valence-electron chi connectivity index (χ1n) is 6.61. The summed E-state index contributed by atoms with van der Waals surface area (Å²) in [6.07, 6.45) is 0.995. The predicted octanol–water partition coefficient (Wildman–Crippen LogP) is 2.22. The molecule has 0 atom stereocenters. The first kappa shape index (κ1) is 13.7. The molecule has 1 aliphatic heterocycles. The van der Waals surface area contributed by atoms with E-state index in [1.807, 2.05) is 27.7 Å². The number of aromatic nitrogens is 1. The summed E-state index contributed by atoms with van der Waals surface area (Å²) in [5.74, 6) is 0.208. The molecule has 6 heteroatoms. The van der Waals surface area contributed by atoms with Crippen LogP contribution < -0.4 is 0 Å². The number of likely N-dealkylation sites (N-methyl/N-ethyl adjacent to an activating group) is 1. The van der Waals surface area contributed by atoms with Crippen molar-refractivity contribution in [2.45, 2.75) is 19.5 Å². The van der Waals surface area contributed by atoms with E-state index in [1.165, 1.54) is 10.4 Å². The van der Waals surface area contributed by atoms with E-state index < -0.39 is 0 Å². The van der Waals surface area contributed by atoms with Gasteiger partial charge >= 0.3 is 0 Å². The molecule has 4 nitrogen and oxygen atoms in total. The smallest absolute Gasteiger partial charge is 0.237 e. The van der Waals surface area contributed by atoms with Crippen LogP contribution in [0.4, 0.5) is 0 Å². The highest BCUT2D eigenvalue weighted by Gasteiger charge is 2.22. The highest BCUT2D eigenvalue weighted by molar-refractivity contribution is 7.10. The molecular formula is C14H17N3OS2. The lowest BCUT2D eigenvalue weighted by molar-refractivity contribution is -0.133. The van der Waals surface area contributed by atoms with E-state index in [0.29, 0.717) is 6.54 Å². The molecule has 106 valence electrons. The molecule has 0 aromatic carbocycles. The Bertz CT molecular complexity index is 579. The van der Waals surface area contributed by atoms with Crippen molar-refractivity contribution in [2.24, 2.45) is 0 Å². The number of rotatable bonds is 4. The molecule has 0 spiro atoms. The molecule has 1 amide bonds. The summed E-state index contributed by atoms with van der Waals surface area (Å²) in [7, 11) is 1.97. The third kappa shape index (κ3) is 3.08. The second kappa shape index (κ2) is 6.03. The van der Waals surface area contributed by atoms with Gasteiger partial charge in [0.15, 0.2) is 0 Å². The van der Waals surface area contributed by atoms with E-state index in [2.05, 4.69) is 16.4 Å². The third-order valence-corrected chi connectivity index (χ3v) is 5.14. The standard InChI is InChI=1S/C14H17N3OS2/c1-16(7-12-9-19-10-15-12)8-14(18)17-4-2-13-11(6-17)3-5-20-13/h3,5,9-10H,2,4,6-8H2,1H3.